The second kappa shape index (κ2) is 7.54. The Balaban J connectivity index is 0.00000182. The number of fused-ring (bicyclic) bond motifs is 1. The van der Waals surface area contributed by atoms with Gasteiger partial charge in [0.1, 0.15) is 5.52 Å². The van der Waals surface area contributed by atoms with Crippen LogP contribution >= 0.6 is 0 Å². The number of imidazole rings is 1. The molecule has 2 fully saturated rings. The Bertz CT molecular complexity index is 741. The molecule has 5 nitrogen and oxygen atoms in total. The van der Waals surface area contributed by atoms with Gasteiger partial charge in [-0.2, -0.15) is 0 Å². The van der Waals surface area contributed by atoms with Gasteiger partial charge in [0.2, 0.25) is 11.9 Å². The van der Waals surface area contributed by atoms with Gasteiger partial charge in [0.05, 0.1) is 0 Å². The van der Waals surface area contributed by atoms with E-state index in [1.165, 1.54) is 38.5 Å². The molecule has 0 unspecified atom stereocenters. The van der Waals surface area contributed by atoms with Crippen LogP contribution in [0.1, 0.15) is 76.9 Å². The zero-order chi connectivity index (χ0) is 16.5. The van der Waals surface area contributed by atoms with Crippen LogP contribution in [-0.4, -0.2) is 20.4 Å². The van der Waals surface area contributed by atoms with Gasteiger partial charge in [0, 0.05) is 18.2 Å². The standard InChI is InChI=1S/C19H26N4O.CH4/c1-13-10-11-16-18(20-13)23(15-8-5-9-15)19(21-16)22-17(24)12-14-6-3-2-4-7-14;/h10-11,14-15H,2-9,12H2,1H3,(H,21,22,24);1H4. The van der Waals surface area contributed by atoms with E-state index in [-0.39, 0.29) is 13.3 Å². The lowest BCUT2D eigenvalue weighted by Gasteiger charge is -2.28. The van der Waals surface area contributed by atoms with Crippen LogP contribution in [0.4, 0.5) is 5.95 Å². The van der Waals surface area contributed by atoms with E-state index in [0.717, 1.165) is 29.7 Å². The molecule has 2 heterocycles. The van der Waals surface area contributed by atoms with Crippen LogP contribution < -0.4 is 5.32 Å². The van der Waals surface area contributed by atoms with Gasteiger partial charge in [-0.1, -0.05) is 26.7 Å². The van der Waals surface area contributed by atoms with E-state index in [1.54, 1.807) is 0 Å². The zero-order valence-corrected chi connectivity index (χ0v) is 14.4. The van der Waals surface area contributed by atoms with E-state index < -0.39 is 0 Å². The monoisotopic (exact) mass is 342 g/mol. The molecule has 25 heavy (non-hydrogen) atoms. The summed E-state index contributed by atoms with van der Waals surface area (Å²) in [6.07, 6.45) is 10.4. The number of carbonyl (C=O) groups excluding carboxylic acids is 1. The van der Waals surface area contributed by atoms with Crippen molar-refractivity contribution in [2.75, 3.05) is 5.32 Å². The average Bonchev–Trinajstić information content (AvgIpc) is 2.84. The van der Waals surface area contributed by atoms with Crippen LogP contribution in [0.25, 0.3) is 11.2 Å². The van der Waals surface area contributed by atoms with Crippen molar-refractivity contribution in [3.8, 4) is 0 Å². The van der Waals surface area contributed by atoms with Gasteiger partial charge in [-0.15, -0.1) is 0 Å². The summed E-state index contributed by atoms with van der Waals surface area (Å²) in [6.45, 7) is 2.00. The minimum absolute atomic E-state index is 0. The molecule has 0 spiro atoms. The molecule has 0 atom stereocenters. The molecule has 2 aliphatic rings. The normalized spacial score (nSPS) is 18.6. The molecule has 0 aliphatic heterocycles. The second-order valence-corrected chi connectivity index (χ2v) is 7.44. The highest BCUT2D eigenvalue weighted by Crippen LogP contribution is 2.37. The smallest absolute Gasteiger partial charge is 0.226 e. The Morgan fingerprint density at radius 3 is 2.56 bits per heavy atom. The summed E-state index contributed by atoms with van der Waals surface area (Å²) in [5.41, 5.74) is 2.77. The van der Waals surface area contributed by atoms with Gasteiger partial charge < -0.3 is 0 Å². The van der Waals surface area contributed by atoms with Crippen molar-refractivity contribution < 1.29 is 4.79 Å². The minimum atomic E-state index is 0. The maximum absolute atomic E-state index is 12.5. The van der Waals surface area contributed by atoms with Gasteiger partial charge in [-0.3, -0.25) is 14.7 Å². The first-order valence-electron chi connectivity index (χ1n) is 9.36. The third-order valence-electron chi connectivity index (χ3n) is 5.57. The summed E-state index contributed by atoms with van der Waals surface area (Å²) < 4.78 is 2.16. The predicted molar refractivity (Wildman–Crippen MR) is 102 cm³/mol. The second-order valence-electron chi connectivity index (χ2n) is 7.44. The van der Waals surface area contributed by atoms with E-state index in [9.17, 15) is 4.79 Å². The predicted octanol–water partition coefficient (Wildman–Crippen LogP) is 5.01. The third-order valence-corrected chi connectivity index (χ3v) is 5.57. The molecule has 5 heteroatoms. The average molecular weight is 342 g/mol. The van der Waals surface area contributed by atoms with Gasteiger partial charge in [-0.05, 0) is 57.1 Å². The van der Waals surface area contributed by atoms with Crippen molar-refractivity contribution in [3.05, 3.63) is 17.8 Å². The number of anilines is 1. The number of nitrogens with zero attached hydrogens (tertiary/aromatic N) is 3. The molecule has 2 aromatic rings. The first-order chi connectivity index (χ1) is 11.7. The van der Waals surface area contributed by atoms with Crippen molar-refractivity contribution in [2.45, 2.75) is 78.2 Å². The Morgan fingerprint density at radius 2 is 1.88 bits per heavy atom. The highest BCUT2D eigenvalue weighted by atomic mass is 16.1. The molecule has 2 aromatic heterocycles. The SMILES string of the molecule is C.Cc1ccc2nc(NC(=O)CC3CCCCC3)n(C3CCC3)c2n1. The number of hydrogen-bond acceptors (Lipinski definition) is 3. The number of amides is 1. The van der Waals surface area contributed by atoms with Gasteiger partial charge in [0.25, 0.3) is 0 Å². The molecule has 4 rings (SSSR count). The van der Waals surface area contributed by atoms with E-state index in [2.05, 4.69) is 19.9 Å². The van der Waals surface area contributed by atoms with E-state index in [1.807, 2.05) is 19.1 Å². The lowest BCUT2D eigenvalue weighted by molar-refractivity contribution is -0.117. The highest BCUT2D eigenvalue weighted by Gasteiger charge is 2.27. The lowest BCUT2D eigenvalue weighted by Crippen LogP contribution is -2.24. The summed E-state index contributed by atoms with van der Waals surface area (Å²) in [6, 6.07) is 4.41. The van der Waals surface area contributed by atoms with Crippen LogP contribution in [0.2, 0.25) is 0 Å². The molecular weight excluding hydrogens is 312 g/mol. The molecule has 0 saturated heterocycles. The maximum Gasteiger partial charge on any atom is 0.226 e. The van der Waals surface area contributed by atoms with Crippen LogP contribution in [-0.2, 0) is 4.79 Å². The molecule has 1 N–H and O–H groups in total. The number of hydrogen-bond donors (Lipinski definition) is 1. The number of carbonyl (C=O) groups is 1. The van der Waals surface area contributed by atoms with E-state index in [0.29, 0.717) is 24.3 Å². The van der Waals surface area contributed by atoms with Crippen LogP contribution in [0.5, 0.6) is 0 Å². The summed E-state index contributed by atoms with van der Waals surface area (Å²) in [4.78, 5) is 21.9. The molecule has 0 bridgehead atoms. The first-order valence-corrected chi connectivity index (χ1v) is 9.36. The van der Waals surface area contributed by atoms with Crippen molar-refractivity contribution in [3.63, 3.8) is 0 Å². The summed E-state index contributed by atoms with van der Waals surface area (Å²) in [5, 5.41) is 3.09. The largest absolute Gasteiger partial charge is 0.296 e. The fourth-order valence-corrected chi connectivity index (χ4v) is 3.98. The summed E-state index contributed by atoms with van der Waals surface area (Å²) in [7, 11) is 0. The van der Waals surface area contributed by atoms with Crippen LogP contribution in [0, 0.1) is 12.8 Å². The van der Waals surface area contributed by atoms with E-state index >= 15 is 0 Å². The molecule has 0 aromatic carbocycles. The number of aromatic nitrogens is 3. The molecule has 2 aliphatic carbocycles. The van der Waals surface area contributed by atoms with Gasteiger partial charge >= 0.3 is 0 Å². The quantitative estimate of drug-likeness (QED) is 0.849. The van der Waals surface area contributed by atoms with Crippen molar-refractivity contribution >= 4 is 23.0 Å². The van der Waals surface area contributed by atoms with Crippen LogP contribution in [0.15, 0.2) is 12.1 Å². The highest BCUT2D eigenvalue weighted by molar-refractivity contribution is 5.91. The molecule has 0 radical (unpaired) electrons. The zero-order valence-electron chi connectivity index (χ0n) is 14.4. The fraction of sp³-hybridized carbons (Fsp3) is 0.650. The number of aryl methyl sites for hydroxylation is 1. The molecule has 1 amide bonds. The maximum atomic E-state index is 12.5. The van der Waals surface area contributed by atoms with Crippen molar-refractivity contribution in [1.29, 1.82) is 0 Å². The Labute approximate surface area is 150 Å². The van der Waals surface area contributed by atoms with Gasteiger partial charge in [-0.25, -0.2) is 9.97 Å². The topological polar surface area (TPSA) is 59.8 Å². The van der Waals surface area contributed by atoms with Gasteiger partial charge in [0.15, 0.2) is 5.65 Å². The fourth-order valence-electron chi connectivity index (χ4n) is 3.98. The number of rotatable bonds is 4. The molecule has 2 saturated carbocycles. The van der Waals surface area contributed by atoms with Crippen molar-refractivity contribution in [2.24, 2.45) is 5.92 Å². The third kappa shape index (κ3) is 3.70. The van der Waals surface area contributed by atoms with E-state index in [4.69, 9.17) is 0 Å². The lowest BCUT2D eigenvalue weighted by atomic mass is 9.87. The minimum Gasteiger partial charge on any atom is -0.296 e. The van der Waals surface area contributed by atoms with Crippen LogP contribution in [0.3, 0.4) is 0 Å². The number of pyridine rings is 1. The summed E-state index contributed by atoms with van der Waals surface area (Å²) in [5.74, 6) is 1.34. The van der Waals surface area contributed by atoms with Crippen molar-refractivity contribution in [1.82, 2.24) is 14.5 Å². The first kappa shape index (κ1) is 17.9. The molecule has 136 valence electrons. The Morgan fingerprint density at radius 1 is 1.12 bits per heavy atom. The number of nitrogens with one attached hydrogen (secondary N) is 1. The Kier molecular flexibility index (Phi) is 5.40. The molecular formula is C20H30N4O. The summed E-state index contributed by atoms with van der Waals surface area (Å²) >= 11 is 0. The Hall–Kier alpha value is -1.91.